The Morgan fingerprint density at radius 3 is 1.59 bits per heavy atom. The van der Waals surface area contributed by atoms with Crippen molar-refractivity contribution < 1.29 is 46.5 Å². The number of rotatable bonds is 14. The Bertz CT molecular complexity index is 1820. The van der Waals surface area contributed by atoms with Crippen LogP contribution in [0, 0.1) is 0 Å². The molecule has 15 nitrogen and oxygen atoms in total. The molecule has 49 heavy (non-hydrogen) atoms. The Kier molecular flexibility index (Phi) is 13.3. The number of hydroxylamine groups is 1. The first-order valence-corrected chi connectivity index (χ1v) is 15.3. The number of carbonyl (C=O) groups is 5. The van der Waals surface area contributed by atoms with E-state index in [0.717, 1.165) is 13.0 Å². The van der Waals surface area contributed by atoms with Crippen LogP contribution in [0.1, 0.15) is 49.0 Å². The highest BCUT2D eigenvalue weighted by Crippen LogP contribution is 2.20. The summed E-state index contributed by atoms with van der Waals surface area (Å²) in [6.07, 6.45) is 5.74. The number of amides is 5. The van der Waals surface area contributed by atoms with Crippen molar-refractivity contribution in [3.8, 4) is 0 Å². The second-order valence-corrected chi connectivity index (χ2v) is 11.9. The van der Waals surface area contributed by atoms with E-state index in [1.807, 2.05) is 0 Å². The first-order chi connectivity index (χ1) is 22.8. The number of carbonyl (C=O) groups excluding carboxylic acids is 5. The molecule has 0 aliphatic heterocycles. The number of nitrogens with one attached hydrogen (secondary N) is 6. The van der Waals surface area contributed by atoms with Gasteiger partial charge in [0.05, 0.1) is 50.5 Å². The topological polar surface area (TPSA) is 185 Å². The van der Waals surface area contributed by atoms with Crippen LogP contribution in [0.5, 0.6) is 0 Å². The van der Waals surface area contributed by atoms with E-state index in [1.165, 1.54) is 11.0 Å². The van der Waals surface area contributed by atoms with Crippen molar-refractivity contribution in [3.63, 3.8) is 0 Å². The minimum atomic E-state index is -0.558. The van der Waals surface area contributed by atoms with Gasteiger partial charge >= 0.3 is 0 Å². The van der Waals surface area contributed by atoms with E-state index in [9.17, 15) is 24.0 Å². The monoisotopic (exact) mass is 695 g/mol. The van der Waals surface area contributed by atoms with E-state index >= 15 is 0 Å². The summed E-state index contributed by atoms with van der Waals surface area (Å²) in [5.74, 6) is -1.97. The quantitative estimate of drug-likeness (QED) is 0.0442. The first kappa shape index (κ1) is 38.1. The van der Waals surface area contributed by atoms with Crippen LogP contribution in [-0.4, -0.2) is 75.6 Å². The maximum Gasteiger partial charge on any atom is 0.272 e. The van der Waals surface area contributed by atoms with Gasteiger partial charge in [-0.2, -0.15) is 0 Å². The number of hydrogen-bond acceptors (Lipinski definition) is 6. The number of aromatic nitrogens is 3. The predicted octanol–water partition coefficient (Wildman–Crippen LogP) is -2.30. The molecule has 0 fully saturated rings. The van der Waals surface area contributed by atoms with Gasteiger partial charge in [0, 0.05) is 52.7 Å². The minimum Gasteiger partial charge on any atom is -1.00 e. The van der Waals surface area contributed by atoms with Crippen molar-refractivity contribution in [1.29, 1.82) is 0 Å². The summed E-state index contributed by atoms with van der Waals surface area (Å²) in [6, 6.07) is 11.6. The number of nitrogens with zero attached hydrogens (tertiary/aromatic N) is 3. The largest absolute Gasteiger partial charge is 1.00 e. The zero-order valence-electron chi connectivity index (χ0n) is 28.0. The summed E-state index contributed by atoms with van der Waals surface area (Å²) in [4.78, 5) is 64.3. The molecule has 1 aromatic carbocycles. The molecule has 0 unspecified atom stereocenters. The molecule has 0 bridgehead atoms. The van der Waals surface area contributed by atoms with Crippen LogP contribution in [-0.2, 0) is 43.6 Å². The van der Waals surface area contributed by atoms with Gasteiger partial charge < -0.3 is 52.3 Å². The number of benzene rings is 1. The van der Waals surface area contributed by atoms with Crippen LogP contribution in [0.2, 0.25) is 0 Å². The number of hydrogen-bond donors (Lipinski definition) is 7. The fraction of sp³-hybridized carbons (Fsp3) is 0.303. The van der Waals surface area contributed by atoms with Gasteiger partial charge in [0.1, 0.15) is 17.1 Å². The van der Waals surface area contributed by atoms with E-state index in [4.69, 9.17) is 5.21 Å². The van der Waals surface area contributed by atoms with Crippen LogP contribution in [0.3, 0.4) is 0 Å². The molecule has 0 atom stereocenters. The second kappa shape index (κ2) is 17.1. The summed E-state index contributed by atoms with van der Waals surface area (Å²) >= 11 is 0. The molecular weight excluding hydrogens is 654 g/mol. The van der Waals surface area contributed by atoms with Crippen LogP contribution in [0.4, 0.5) is 17.1 Å². The molecule has 262 valence electrons. The molecule has 16 heteroatoms. The Morgan fingerprint density at radius 1 is 0.673 bits per heavy atom. The molecule has 4 rings (SSSR count). The van der Waals surface area contributed by atoms with Crippen molar-refractivity contribution >= 4 is 46.6 Å². The van der Waals surface area contributed by atoms with Gasteiger partial charge in [0.2, 0.25) is 11.8 Å². The van der Waals surface area contributed by atoms with Crippen molar-refractivity contribution in [2.75, 3.05) is 43.1 Å². The zero-order valence-corrected chi connectivity index (χ0v) is 28.8. The normalized spacial score (nSPS) is 10.7. The Balaban J connectivity index is 0.00000650. The van der Waals surface area contributed by atoms with E-state index in [0.29, 0.717) is 40.4 Å². The van der Waals surface area contributed by atoms with Crippen molar-refractivity contribution in [2.24, 2.45) is 21.1 Å². The summed E-state index contributed by atoms with van der Waals surface area (Å²) < 4.78 is 4.80. The van der Waals surface area contributed by atoms with E-state index in [2.05, 4.69) is 35.4 Å². The fourth-order valence-electron chi connectivity index (χ4n) is 5.17. The number of aryl methyl sites for hydroxylation is 3. The number of halogens is 1. The average molecular weight is 696 g/mol. The van der Waals surface area contributed by atoms with Crippen LogP contribution in [0.15, 0.2) is 61.1 Å². The summed E-state index contributed by atoms with van der Waals surface area (Å²) in [7, 11) is 9.18. The highest BCUT2D eigenvalue weighted by Gasteiger charge is 2.19. The van der Waals surface area contributed by atoms with Crippen LogP contribution < -0.4 is 44.1 Å². The molecular formula is C33H42ClN9O6. The fourth-order valence-corrected chi connectivity index (χ4v) is 5.17. The molecule has 4 aromatic rings. The molecule has 0 saturated heterocycles. The molecule has 0 saturated carbocycles. The maximum absolute atomic E-state index is 13.1. The molecule has 0 spiro atoms. The lowest BCUT2D eigenvalue weighted by atomic mass is 10.1. The Morgan fingerprint density at radius 2 is 1.12 bits per heavy atom. The zero-order chi connectivity index (χ0) is 35.0. The molecule has 3 heterocycles. The van der Waals surface area contributed by atoms with Gasteiger partial charge in [0.15, 0.2) is 0 Å². The Labute approximate surface area is 290 Å². The molecule has 3 aromatic heterocycles. The third-order valence-corrected chi connectivity index (χ3v) is 7.50. The van der Waals surface area contributed by atoms with Gasteiger partial charge in [-0.25, -0.2) is 5.48 Å². The van der Waals surface area contributed by atoms with Gasteiger partial charge in [-0.05, 0) is 29.3 Å². The van der Waals surface area contributed by atoms with Gasteiger partial charge in [-0.3, -0.25) is 29.2 Å². The molecule has 7 N–H and O–H groups in total. The van der Waals surface area contributed by atoms with E-state index in [-0.39, 0.29) is 48.5 Å². The van der Waals surface area contributed by atoms with Crippen LogP contribution >= 0.6 is 0 Å². The third kappa shape index (κ3) is 10.6. The predicted molar refractivity (Wildman–Crippen MR) is 179 cm³/mol. The number of quaternary nitrogens is 1. The van der Waals surface area contributed by atoms with Crippen molar-refractivity contribution in [2.45, 2.75) is 19.3 Å². The average Bonchev–Trinajstić information content (AvgIpc) is 3.70. The lowest BCUT2D eigenvalue weighted by Crippen LogP contribution is -3.05. The van der Waals surface area contributed by atoms with Gasteiger partial charge in [-0.1, -0.05) is 24.3 Å². The van der Waals surface area contributed by atoms with Crippen LogP contribution in [0.25, 0.3) is 0 Å². The molecule has 5 amide bonds. The molecule has 0 aliphatic rings. The number of anilines is 3. The lowest BCUT2D eigenvalue weighted by molar-refractivity contribution is -0.858. The maximum atomic E-state index is 13.1. The third-order valence-electron chi connectivity index (χ3n) is 7.50. The second-order valence-electron chi connectivity index (χ2n) is 11.9. The lowest BCUT2D eigenvalue weighted by Gasteiger charge is -2.08. The van der Waals surface area contributed by atoms with Crippen molar-refractivity contribution in [3.05, 3.63) is 89.3 Å². The highest BCUT2D eigenvalue weighted by atomic mass is 35.5. The molecule has 0 aliphatic carbocycles. The van der Waals surface area contributed by atoms with E-state index in [1.54, 1.807) is 95.3 Å². The summed E-state index contributed by atoms with van der Waals surface area (Å²) in [5, 5.41) is 20.0. The minimum absolute atomic E-state index is 0. The Hall–Kier alpha value is -5.38. The van der Waals surface area contributed by atoms with E-state index < -0.39 is 17.7 Å². The molecule has 0 radical (unpaired) electrons. The van der Waals surface area contributed by atoms with Gasteiger partial charge in [-0.15, -0.1) is 0 Å². The smallest absolute Gasteiger partial charge is 0.272 e. The first-order valence-electron chi connectivity index (χ1n) is 15.3. The van der Waals surface area contributed by atoms with Crippen molar-refractivity contribution in [1.82, 2.24) is 24.5 Å². The standard InChI is InChI=1S/C33H41N9O6.ClH/c1-39(2)11-7-10-34-31(45)26-16-24(19-40(26)3)36-33(47)28-17-25(20-42(28)5)37-32(46)27-15-23(18-41(27)4)35-29(43)13-21-8-6-9-22(12-21)14-30(44)38-48;/h6,8-9,12,15-20,48H,7,10-11,13-14H2,1-5H3,(H,34,45)(H,35,43)(H,36,47)(H,37,46)(H,38,44);1H. The van der Waals surface area contributed by atoms with Gasteiger partial charge in [0.25, 0.3) is 17.7 Å². The highest BCUT2D eigenvalue weighted by molar-refractivity contribution is 6.07. The SMILES string of the molecule is Cn1cc(NC(=O)c2cc(NC(=O)c3cc(NC(=O)Cc4cccc(CC(=O)NO)c4)cn3C)cn2C)cc1C(=O)NCCC[NH+](C)C.[Cl-]. The summed E-state index contributed by atoms with van der Waals surface area (Å²) in [6.45, 7) is 1.49. The summed E-state index contributed by atoms with van der Waals surface area (Å²) in [5.41, 5.74) is 5.15.